The van der Waals surface area contributed by atoms with Crippen molar-refractivity contribution in [2.45, 2.75) is 13.3 Å². The number of hydrogen-bond acceptors (Lipinski definition) is 5. The van der Waals surface area contributed by atoms with Crippen LogP contribution in [0, 0.1) is 15.9 Å². The summed E-state index contributed by atoms with van der Waals surface area (Å²) in [5, 5.41) is 21.7. The highest BCUT2D eigenvalue weighted by molar-refractivity contribution is 5.63. The Balaban J connectivity index is 2.27. The molecule has 1 heterocycles. The molecule has 1 aromatic carbocycles. The van der Waals surface area contributed by atoms with Gasteiger partial charge in [-0.3, -0.25) is 10.1 Å². The number of halogens is 1. The quantitative estimate of drug-likeness (QED) is 0.670. The van der Waals surface area contributed by atoms with Crippen LogP contribution in [0.3, 0.4) is 0 Å². The van der Waals surface area contributed by atoms with Gasteiger partial charge in [0, 0.05) is 18.2 Å². The third-order valence-corrected chi connectivity index (χ3v) is 2.66. The van der Waals surface area contributed by atoms with E-state index in [2.05, 4.69) is 15.5 Å². The number of rotatable bonds is 5. The van der Waals surface area contributed by atoms with Crippen LogP contribution in [0.1, 0.15) is 13.3 Å². The van der Waals surface area contributed by atoms with Gasteiger partial charge in [-0.1, -0.05) is 6.92 Å². The molecule has 0 aliphatic heterocycles. The molecular formula is C13H13FN4O2. The molecule has 1 N–H and O–H groups in total. The predicted molar refractivity (Wildman–Crippen MR) is 72.9 cm³/mol. The number of nitro groups is 1. The van der Waals surface area contributed by atoms with Crippen molar-refractivity contribution in [3.63, 3.8) is 0 Å². The van der Waals surface area contributed by atoms with Crippen LogP contribution in [0.15, 0.2) is 30.3 Å². The van der Waals surface area contributed by atoms with Gasteiger partial charge in [0.1, 0.15) is 5.82 Å². The molecule has 2 aromatic rings. The minimum atomic E-state index is -0.868. The minimum Gasteiger partial charge on any atom is -0.369 e. The summed E-state index contributed by atoms with van der Waals surface area (Å²) in [7, 11) is 0. The fourth-order valence-corrected chi connectivity index (χ4v) is 1.65. The Morgan fingerprint density at radius 1 is 1.30 bits per heavy atom. The highest BCUT2D eigenvalue weighted by Gasteiger charge is 2.15. The van der Waals surface area contributed by atoms with Crippen LogP contribution in [-0.2, 0) is 0 Å². The molecule has 0 fully saturated rings. The molecule has 0 saturated carbocycles. The summed E-state index contributed by atoms with van der Waals surface area (Å²) in [5.74, 6) is -0.236. The standard InChI is InChI=1S/C13H13FN4O2/c1-2-7-15-13-6-5-11(16-17-13)9-3-4-10(14)12(8-9)18(19)20/h3-6,8H,2,7H2,1H3,(H,15,17). The van der Waals surface area contributed by atoms with Gasteiger partial charge in [-0.15, -0.1) is 10.2 Å². The molecule has 0 spiro atoms. The lowest BCUT2D eigenvalue weighted by atomic mass is 10.1. The topological polar surface area (TPSA) is 81.0 Å². The maximum absolute atomic E-state index is 13.3. The fourth-order valence-electron chi connectivity index (χ4n) is 1.65. The van der Waals surface area contributed by atoms with Crippen LogP contribution >= 0.6 is 0 Å². The monoisotopic (exact) mass is 276 g/mol. The Kier molecular flexibility index (Phi) is 4.19. The second-order valence-electron chi connectivity index (χ2n) is 4.15. The van der Waals surface area contributed by atoms with Crippen molar-refractivity contribution in [3.8, 4) is 11.3 Å². The van der Waals surface area contributed by atoms with E-state index in [-0.39, 0.29) is 0 Å². The summed E-state index contributed by atoms with van der Waals surface area (Å²) in [6.07, 6.45) is 0.966. The third-order valence-electron chi connectivity index (χ3n) is 2.66. The Bertz CT molecular complexity index is 616. The lowest BCUT2D eigenvalue weighted by Gasteiger charge is -2.04. The number of benzene rings is 1. The molecule has 0 amide bonds. The van der Waals surface area contributed by atoms with Gasteiger partial charge in [-0.05, 0) is 30.7 Å². The van der Waals surface area contributed by atoms with E-state index in [0.29, 0.717) is 17.1 Å². The van der Waals surface area contributed by atoms with Crippen LogP contribution in [0.5, 0.6) is 0 Å². The van der Waals surface area contributed by atoms with E-state index in [1.807, 2.05) is 6.92 Å². The number of nitrogens with zero attached hydrogens (tertiary/aromatic N) is 3. The van der Waals surface area contributed by atoms with Crippen molar-refractivity contribution in [2.24, 2.45) is 0 Å². The largest absolute Gasteiger partial charge is 0.369 e. The van der Waals surface area contributed by atoms with Gasteiger partial charge >= 0.3 is 5.69 Å². The molecule has 104 valence electrons. The molecule has 2 rings (SSSR count). The summed E-state index contributed by atoms with van der Waals surface area (Å²) in [6, 6.07) is 7.05. The fraction of sp³-hybridized carbons (Fsp3) is 0.231. The molecule has 0 aliphatic carbocycles. The summed E-state index contributed by atoms with van der Waals surface area (Å²) in [5.41, 5.74) is 0.334. The number of anilines is 1. The average Bonchev–Trinajstić information content (AvgIpc) is 2.46. The van der Waals surface area contributed by atoms with E-state index < -0.39 is 16.4 Å². The Morgan fingerprint density at radius 3 is 2.70 bits per heavy atom. The maximum atomic E-state index is 13.3. The van der Waals surface area contributed by atoms with Crippen LogP contribution in [0.4, 0.5) is 15.9 Å². The van der Waals surface area contributed by atoms with Crippen molar-refractivity contribution >= 4 is 11.5 Å². The highest BCUT2D eigenvalue weighted by atomic mass is 19.1. The van der Waals surface area contributed by atoms with Crippen LogP contribution in [-0.4, -0.2) is 21.7 Å². The number of nitro benzene ring substituents is 1. The lowest BCUT2D eigenvalue weighted by Crippen LogP contribution is -2.03. The van der Waals surface area contributed by atoms with Crippen LogP contribution in [0.2, 0.25) is 0 Å². The first-order valence-corrected chi connectivity index (χ1v) is 6.13. The van der Waals surface area contributed by atoms with Crippen molar-refractivity contribution < 1.29 is 9.31 Å². The van der Waals surface area contributed by atoms with Crippen LogP contribution in [0.25, 0.3) is 11.3 Å². The number of nitrogens with one attached hydrogen (secondary N) is 1. The Morgan fingerprint density at radius 2 is 2.10 bits per heavy atom. The summed E-state index contributed by atoms with van der Waals surface area (Å²) >= 11 is 0. The van der Waals surface area contributed by atoms with E-state index in [0.717, 1.165) is 25.1 Å². The molecule has 0 bridgehead atoms. The molecule has 0 atom stereocenters. The van der Waals surface area contributed by atoms with Gasteiger partial charge in [0.25, 0.3) is 0 Å². The van der Waals surface area contributed by atoms with E-state index >= 15 is 0 Å². The molecule has 6 nitrogen and oxygen atoms in total. The normalized spacial score (nSPS) is 10.3. The molecule has 0 saturated heterocycles. The van der Waals surface area contributed by atoms with E-state index in [4.69, 9.17) is 0 Å². The minimum absolute atomic E-state index is 0.452. The first kappa shape index (κ1) is 13.9. The van der Waals surface area contributed by atoms with Gasteiger partial charge < -0.3 is 5.32 Å². The molecule has 0 unspecified atom stereocenters. The Hall–Kier alpha value is -2.57. The van der Waals surface area contributed by atoms with Crippen molar-refractivity contribution in [1.82, 2.24) is 10.2 Å². The Labute approximate surface area is 114 Å². The smallest absolute Gasteiger partial charge is 0.305 e. The number of aromatic nitrogens is 2. The average molecular weight is 276 g/mol. The van der Waals surface area contributed by atoms with E-state index in [1.54, 1.807) is 12.1 Å². The highest BCUT2D eigenvalue weighted by Crippen LogP contribution is 2.25. The molecule has 7 heteroatoms. The van der Waals surface area contributed by atoms with Crippen molar-refractivity contribution in [3.05, 3.63) is 46.3 Å². The van der Waals surface area contributed by atoms with Gasteiger partial charge in [0.05, 0.1) is 10.6 Å². The lowest BCUT2D eigenvalue weighted by molar-refractivity contribution is -0.387. The third kappa shape index (κ3) is 3.05. The predicted octanol–water partition coefficient (Wildman–Crippen LogP) is 3.01. The van der Waals surface area contributed by atoms with Gasteiger partial charge in [0.15, 0.2) is 0 Å². The summed E-state index contributed by atoms with van der Waals surface area (Å²) in [6.45, 7) is 2.82. The molecule has 0 aliphatic rings. The zero-order valence-corrected chi connectivity index (χ0v) is 10.8. The van der Waals surface area contributed by atoms with Crippen molar-refractivity contribution in [1.29, 1.82) is 0 Å². The first-order chi connectivity index (χ1) is 9.61. The maximum Gasteiger partial charge on any atom is 0.305 e. The summed E-state index contributed by atoms with van der Waals surface area (Å²) < 4.78 is 13.3. The van der Waals surface area contributed by atoms with Gasteiger partial charge in [-0.25, -0.2) is 0 Å². The molecule has 1 aromatic heterocycles. The van der Waals surface area contributed by atoms with Crippen LogP contribution < -0.4 is 5.32 Å². The SMILES string of the molecule is CCCNc1ccc(-c2ccc(F)c([N+](=O)[O-])c2)nn1. The molecule has 0 radical (unpaired) electrons. The van der Waals surface area contributed by atoms with Gasteiger partial charge in [-0.2, -0.15) is 4.39 Å². The number of hydrogen-bond donors (Lipinski definition) is 1. The zero-order valence-electron chi connectivity index (χ0n) is 10.8. The second-order valence-corrected chi connectivity index (χ2v) is 4.15. The van der Waals surface area contributed by atoms with E-state index in [9.17, 15) is 14.5 Å². The van der Waals surface area contributed by atoms with Crippen molar-refractivity contribution in [2.75, 3.05) is 11.9 Å². The first-order valence-electron chi connectivity index (χ1n) is 6.13. The molecule has 20 heavy (non-hydrogen) atoms. The second kappa shape index (κ2) is 6.05. The van der Waals surface area contributed by atoms with E-state index in [1.165, 1.54) is 6.07 Å². The van der Waals surface area contributed by atoms with Gasteiger partial charge in [0.2, 0.25) is 5.82 Å². The molecular weight excluding hydrogens is 263 g/mol. The summed E-state index contributed by atoms with van der Waals surface area (Å²) in [4.78, 5) is 9.94. The zero-order chi connectivity index (χ0) is 14.5.